The number of carbonyl (C=O) groups excluding carboxylic acids is 1. The zero-order valence-corrected chi connectivity index (χ0v) is 11.2. The van der Waals surface area contributed by atoms with Gasteiger partial charge in [0.15, 0.2) is 5.82 Å². The van der Waals surface area contributed by atoms with Gasteiger partial charge in [0.05, 0.1) is 13.3 Å². The molecule has 6 heteroatoms. The lowest BCUT2D eigenvalue weighted by Crippen LogP contribution is -2.30. The van der Waals surface area contributed by atoms with Gasteiger partial charge in [-0.05, 0) is 24.1 Å². The van der Waals surface area contributed by atoms with E-state index in [0.29, 0.717) is 12.4 Å². The lowest BCUT2D eigenvalue weighted by molar-refractivity contribution is 0.252. The summed E-state index contributed by atoms with van der Waals surface area (Å²) in [5, 5.41) is 5.36. The minimum absolute atomic E-state index is 0.293. The number of anilines is 1. The number of amides is 2. The molecule has 0 aliphatic carbocycles. The summed E-state index contributed by atoms with van der Waals surface area (Å²) in [6.45, 7) is 0.540. The van der Waals surface area contributed by atoms with Crippen LogP contribution in [0.25, 0.3) is 0 Å². The highest BCUT2D eigenvalue weighted by Gasteiger charge is 2.02. The number of benzene rings is 1. The Morgan fingerprint density at radius 3 is 2.70 bits per heavy atom. The highest BCUT2D eigenvalue weighted by molar-refractivity contribution is 5.87. The number of aromatic nitrogens is 2. The highest BCUT2D eigenvalue weighted by Crippen LogP contribution is 2.11. The smallest absolute Gasteiger partial charge is 0.320 e. The first-order chi connectivity index (χ1) is 9.78. The molecule has 0 aliphatic rings. The maximum atomic E-state index is 11.6. The van der Waals surface area contributed by atoms with E-state index in [9.17, 15) is 4.79 Å². The van der Waals surface area contributed by atoms with Crippen LogP contribution < -0.4 is 15.4 Å². The molecule has 1 aromatic carbocycles. The van der Waals surface area contributed by atoms with Crippen molar-refractivity contribution in [3.63, 3.8) is 0 Å². The molecule has 1 heterocycles. The third-order valence-electron chi connectivity index (χ3n) is 2.66. The third-order valence-corrected chi connectivity index (χ3v) is 2.66. The van der Waals surface area contributed by atoms with Crippen molar-refractivity contribution in [3.8, 4) is 5.75 Å². The fourth-order valence-electron chi connectivity index (χ4n) is 1.64. The van der Waals surface area contributed by atoms with Crippen molar-refractivity contribution in [2.45, 2.75) is 6.42 Å². The first-order valence-electron chi connectivity index (χ1n) is 6.22. The molecule has 0 bridgehead atoms. The first-order valence-corrected chi connectivity index (χ1v) is 6.22. The molecule has 0 radical (unpaired) electrons. The zero-order valence-electron chi connectivity index (χ0n) is 11.2. The second-order valence-electron chi connectivity index (χ2n) is 4.07. The van der Waals surface area contributed by atoms with Crippen LogP contribution in [0.1, 0.15) is 5.56 Å². The molecule has 104 valence electrons. The summed E-state index contributed by atoms with van der Waals surface area (Å²) in [5.74, 6) is 1.25. The van der Waals surface area contributed by atoms with Crippen LogP contribution in [-0.2, 0) is 6.42 Å². The van der Waals surface area contributed by atoms with E-state index in [1.54, 1.807) is 13.3 Å². The average Bonchev–Trinajstić information content (AvgIpc) is 2.49. The lowest BCUT2D eigenvalue weighted by atomic mass is 10.1. The van der Waals surface area contributed by atoms with E-state index >= 15 is 0 Å². The Kier molecular flexibility index (Phi) is 4.88. The molecular weight excluding hydrogens is 256 g/mol. The predicted molar refractivity (Wildman–Crippen MR) is 75.8 cm³/mol. The molecule has 0 unspecified atom stereocenters. The predicted octanol–water partition coefficient (Wildman–Crippen LogP) is 1.85. The van der Waals surface area contributed by atoms with Crippen LogP contribution in [0.5, 0.6) is 5.75 Å². The summed E-state index contributed by atoms with van der Waals surface area (Å²) < 4.78 is 5.09. The second kappa shape index (κ2) is 7.08. The summed E-state index contributed by atoms with van der Waals surface area (Å²) in [6.07, 6.45) is 5.31. The molecule has 6 nitrogen and oxygen atoms in total. The number of methoxy groups -OCH3 is 1. The van der Waals surface area contributed by atoms with Gasteiger partial charge in [0.2, 0.25) is 0 Å². The second-order valence-corrected chi connectivity index (χ2v) is 4.07. The number of nitrogens with zero attached hydrogens (tertiary/aromatic N) is 2. The topological polar surface area (TPSA) is 76.1 Å². The average molecular weight is 272 g/mol. The zero-order chi connectivity index (χ0) is 14.2. The fraction of sp³-hybridized carbons (Fsp3) is 0.214. The van der Waals surface area contributed by atoms with Crippen LogP contribution in [0, 0.1) is 0 Å². The number of nitrogens with one attached hydrogen (secondary N) is 2. The van der Waals surface area contributed by atoms with Gasteiger partial charge in [0.25, 0.3) is 0 Å². The molecule has 2 N–H and O–H groups in total. The van der Waals surface area contributed by atoms with Gasteiger partial charge >= 0.3 is 6.03 Å². The highest BCUT2D eigenvalue weighted by atomic mass is 16.5. The Morgan fingerprint density at radius 2 is 2.05 bits per heavy atom. The van der Waals surface area contributed by atoms with Crippen molar-refractivity contribution >= 4 is 11.8 Å². The third kappa shape index (κ3) is 4.24. The van der Waals surface area contributed by atoms with Gasteiger partial charge in [-0.25, -0.2) is 9.78 Å². The summed E-state index contributed by atoms with van der Waals surface area (Å²) >= 11 is 0. The quantitative estimate of drug-likeness (QED) is 0.871. The molecule has 0 fully saturated rings. The number of carbonyl (C=O) groups is 1. The summed E-state index contributed by atoms with van der Waals surface area (Å²) in [4.78, 5) is 19.4. The van der Waals surface area contributed by atoms with E-state index in [4.69, 9.17) is 4.74 Å². The van der Waals surface area contributed by atoms with Crippen LogP contribution in [-0.4, -0.2) is 29.7 Å². The minimum Gasteiger partial charge on any atom is -0.497 e. The van der Waals surface area contributed by atoms with Crippen molar-refractivity contribution in [2.24, 2.45) is 0 Å². The summed E-state index contributed by atoms with van der Waals surface area (Å²) in [6, 6.07) is 7.45. The molecule has 2 aromatic rings. The van der Waals surface area contributed by atoms with Crippen LogP contribution >= 0.6 is 0 Å². The standard InChI is InChI=1S/C14H16N4O2/c1-20-12-4-2-11(3-5-12)6-7-17-14(19)18-13-10-15-8-9-16-13/h2-5,8-10H,6-7H2,1H3,(H2,16,17,18,19). The van der Waals surface area contributed by atoms with Crippen LogP contribution in [0.3, 0.4) is 0 Å². The number of ether oxygens (including phenoxy) is 1. The number of hydrogen-bond acceptors (Lipinski definition) is 4. The van der Waals surface area contributed by atoms with Gasteiger partial charge in [-0.15, -0.1) is 0 Å². The van der Waals surface area contributed by atoms with E-state index < -0.39 is 0 Å². The monoisotopic (exact) mass is 272 g/mol. The summed E-state index contributed by atoms with van der Waals surface area (Å²) in [7, 11) is 1.63. The van der Waals surface area contributed by atoms with Crippen molar-refractivity contribution in [2.75, 3.05) is 19.0 Å². The molecule has 0 saturated heterocycles. The number of urea groups is 1. The van der Waals surface area contributed by atoms with Gasteiger partial charge < -0.3 is 10.1 Å². The van der Waals surface area contributed by atoms with Gasteiger partial charge in [-0.3, -0.25) is 10.3 Å². The molecule has 20 heavy (non-hydrogen) atoms. The molecule has 2 amide bonds. The lowest BCUT2D eigenvalue weighted by Gasteiger charge is -2.07. The number of hydrogen-bond donors (Lipinski definition) is 2. The minimum atomic E-state index is -0.293. The Balaban J connectivity index is 1.73. The SMILES string of the molecule is COc1ccc(CCNC(=O)Nc2cnccn2)cc1. The largest absolute Gasteiger partial charge is 0.497 e. The summed E-state index contributed by atoms with van der Waals surface area (Å²) in [5.41, 5.74) is 1.13. The van der Waals surface area contributed by atoms with Gasteiger partial charge in [-0.2, -0.15) is 0 Å². The molecule has 0 atom stereocenters. The van der Waals surface area contributed by atoms with Crippen molar-refractivity contribution in [3.05, 3.63) is 48.4 Å². The molecule has 2 rings (SSSR count). The molecular formula is C14H16N4O2. The Labute approximate surface area is 117 Å². The van der Waals surface area contributed by atoms with E-state index in [2.05, 4.69) is 20.6 Å². The van der Waals surface area contributed by atoms with Crippen molar-refractivity contribution in [1.29, 1.82) is 0 Å². The first kappa shape index (κ1) is 13.8. The van der Waals surface area contributed by atoms with E-state index in [1.165, 1.54) is 12.4 Å². The van der Waals surface area contributed by atoms with Gasteiger partial charge in [0.1, 0.15) is 5.75 Å². The number of rotatable bonds is 5. The van der Waals surface area contributed by atoms with Crippen molar-refractivity contribution in [1.82, 2.24) is 15.3 Å². The normalized spacial score (nSPS) is 9.85. The van der Waals surface area contributed by atoms with E-state index in [0.717, 1.165) is 17.7 Å². The maximum Gasteiger partial charge on any atom is 0.320 e. The maximum absolute atomic E-state index is 11.6. The van der Waals surface area contributed by atoms with Crippen LogP contribution in [0.4, 0.5) is 10.6 Å². The molecule has 0 aliphatic heterocycles. The van der Waals surface area contributed by atoms with Gasteiger partial charge in [0, 0.05) is 18.9 Å². The van der Waals surface area contributed by atoms with E-state index in [-0.39, 0.29) is 6.03 Å². The Hall–Kier alpha value is -2.63. The van der Waals surface area contributed by atoms with Gasteiger partial charge in [-0.1, -0.05) is 12.1 Å². The molecule has 1 aromatic heterocycles. The molecule has 0 saturated carbocycles. The Morgan fingerprint density at radius 1 is 1.25 bits per heavy atom. The van der Waals surface area contributed by atoms with Crippen LogP contribution in [0.15, 0.2) is 42.9 Å². The van der Waals surface area contributed by atoms with E-state index in [1.807, 2.05) is 24.3 Å². The van der Waals surface area contributed by atoms with Crippen molar-refractivity contribution < 1.29 is 9.53 Å². The fourth-order valence-corrected chi connectivity index (χ4v) is 1.64. The molecule has 0 spiro atoms. The van der Waals surface area contributed by atoms with Crippen LogP contribution in [0.2, 0.25) is 0 Å². The Bertz CT molecular complexity index is 543.